The lowest BCUT2D eigenvalue weighted by molar-refractivity contribution is -0.120. The SMILES string of the molecule is CCOC1CC(NC2CCOC(CC)C2)C1(C)C. The van der Waals surface area contributed by atoms with E-state index in [0.717, 1.165) is 32.5 Å². The first-order valence-corrected chi connectivity index (χ1v) is 7.57. The van der Waals surface area contributed by atoms with Crippen LogP contribution >= 0.6 is 0 Å². The predicted molar refractivity (Wildman–Crippen MR) is 73.8 cm³/mol. The molecule has 2 rings (SSSR count). The molecule has 0 aromatic carbocycles. The van der Waals surface area contributed by atoms with Crippen molar-refractivity contribution in [3.8, 4) is 0 Å². The van der Waals surface area contributed by atoms with E-state index in [0.29, 0.717) is 24.3 Å². The maximum atomic E-state index is 5.79. The third kappa shape index (κ3) is 2.89. The molecular weight excluding hydrogens is 226 g/mol. The quantitative estimate of drug-likeness (QED) is 0.819. The Morgan fingerprint density at radius 2 is 2.06 bits per heavy atom. The average molecular weight is 255 g/mol. The van der Waals surface area contributed by atoms with Crippen molar-refractivity contribution in [2.45, 2.75) is 77.7 Å². The van der Waals surface area contributed by atoms with E-state index in [2.05, 4.69) is 33.0 Å². The summed E-state index contributed by atoms with van der Waals surface area (Å²) in [5.74, 6) is 0. The summed E-state index contributed by atoms with van der Waals surface area (Å²) in [6, 6.07) is 1.24. The summed E-state index contributed by atoms with van der Waals surface area (Å²) in [6.07, 6.45) is 5.51. The van der Waals surface area contributed by atoms with Crippen LogP contribution in [0.25, 0.3) is 0 Å². The van der Waals surface area contributed by atoms with E-state index in [9.17, 15) is 0 Å². The highest BCUT2D eigenvalue weighted by molar-refractivity contribution is 5.04. The van der Waals surface area contributed by atoms with Crippen molar-refractivity contribution in [1.82, 2.24) is 5.32 Å². The minimum Gasteiger partial charge on any atom is -0.378 e. The van der Waals surface area contributed by atoms with Gasteiger partial charge in [-0.1, -0.05) is 20.8 Å². The second-order valence-electron chi connectivity index (χ2n) is 6.34. The number of hydrogen-bond acceptors (Lipinski definition) is 3. The third-order valence-corrected chi connectivity index (χ3v) is 4.81. The third-order valence-electron chi connectivity index (χ3n) is 4.81. The van der Waals surface area contributed by atoms with Crippen molar-refractivity contribution < 1.29 is 9.47 Å². The van der Waals surface area contributed by atoms with Crippen molar-refractivity contribution >= 4 is 0 Å². The molecule has 0 aromatic heterocycles. The molecule has 0 radical (unpaired) electrons. The average Bonchev–Trinajstić information content (AvgIpc) is 2.38. The van der Waals surface area contributed by atoms with Crippen LogP contribution in [-0.4, -0.2) is 37.5 Å². The molecule has 1 heterocycles. The van der Waals surface area contributed by atoms with E-state index in [4.69, 9.17) is 9.47 Å². The molecule has 0 amide bonds. The predicted octanol–water partition coefficient (Wildman–Crippen LogP) is 2.74. The monoisotopic (exact) mass is 255 g/mol. The molecule has 1 aliphatic carbocycles. The Morgan fingerprint density at radius 1 is 1.28 bits per heavy atom. The molecule has 2 fully saturated rings. The lowest BCUT2D eigenvalue weighted by atomic mass is 9.64. The van der Waals surface area contributed by atoms with Crippen LogP contribution in [-0.2, 0) is 9.47 Å². The molecule has 3 nitrogen and oxygen atoms in total. The van der Waals surface area contributed by atoms with Gasteiger partial charge in [-0.05, 0) is 32.6 Å². The van der Waals surface area contributed by atoms with Gasteiger partial charge in [0.05, 0.1) is 12.2 Å². The van der Waals surface area contributed by atoms with Crippen LogP contribution in [0.5, 0.6) is 0 Å². The minimum absolute atomic E-state index is 0.274. The molecule has 106 valence electrons. The number of hydrogen-bond donors (Lipinski definition) is 1. The van der Waals surface area contributed by atoms with Gasteiger partial charge < -0.3 is 14.8 Å². The highest BCUT2D eigenvalue weighted by Crippen LogP contribution is 2.43. The van der Waals surface area contributed by atoms with Crippen molar-refractivity contribution in [1.29, 1.82) is 0 Å². The summed E-state index contributed by atoms with van der Waals surface area (Å²) in [5, 5.41) is 3.84. The maximum Gasteiger partial charge on any atom is 0.0655 e. The summed E-state index contributed by atoms with van der Waals surface area (Å²) in [5.41, 5.74) is 0.274. The summed E-state index contributed by atoms with van der Waals surface area (Å²) >= 11 is 0. The van der Waals surface area contributed by atoms with Gasteiger partial charge in [-0.15, -0.1) is 0 Å². The number of rotatable bonds is 5. The summed E-state index contributed by atoms with van der Waals surface area (Å²) < 4.78 is 11.5. The van der Waals surface area contributed by atoms with E-state index in [-0.39, 0.29) is 5.41 Å². The van der Waals surface area contributed by atoms with Gasteiger partial charge in [-0.2, -0.15) is 0 Å². The summed E-state index contributed by atoms with van der Waals surface area (Å²) in [4.78, 5) is 0. The van der Waals surface area contributed by atoms with Gasteiger partial charge in [0.1, 0.15) is 0 Å². The maximum absolute atomic E-state index is 5.79. The molecule has 0 spiro atoms. The van der Waals surface area contributed by atoms with Crippen LogP contribution in [0.1, 0.15) is 53.4 Å². The first kappa shape index (κ1) is 14.3. The standard InChI is InChI=1S/C15H29NO2/c1-5-12-9-11(7-8-18-12)16-13-10-14(17-6-2)15(13,3)4/h11-14,16H,5-10H2,1-4H3. The zero-order chi connectivity index (χ0) is 13.2. The van der Waals surface area contributed by atoms with Crippen molar-refractivity contribution in [3.05, 3.63) is 0 Å². The van der Waals surface area contributed by atoms with Gasteiger partial charge in [0.15, 0.2) is 0 Å². The van der Waals surface area contributed by atoms with Gasteiger partial charge in [-0.3, -0.25) is 0 Å². The number of nitrogens with one attached hydrogen (secondary N) is 1. The lowest BCUT2D eigenvalue weighted by Gasteiger charge is -2.53. The van der Waals surface area contributed by atoms with Crippen molar-refractivity contribution in [2.24, 2.45) is 5.41 Å². The molecule has 2 aliphatic rings. The molecule has 1 N–H and O–H groups in total. The molecule has 3 heteroatoms. The molecule has 4 atom stereocenters. The van der Waals surface area contributed by atoms with Crippen LogP contribution in [0.4, 0.5) is 0 Å². The Kier molecular flexibility index (Phi) is 4.68. The zero-order valence-electron chi connectivity index (χ0n) is 12.4. The first-order chi connectivity index (χ1) is 8.57. The Bertz CT molecular complexity index is 267. The Morgan fingerprint density at radius 3 is 2.67 bits per heavy atom. The number of ether oxygens (including phenoxy) is 2. The Labute approximate surface area is 112 Å². The minimum atomic E-state index is 0.274. The molecule has 0 aromatic rings. The second kappa shape index (κ2) is 5.89. The fourth-order valence-corrected chi connectivity index (χ4v) is 3.25. The summed E-state index contributed by atoms with van der Waals surface area (Å²) in [7, 11) is 0. The normalized spacial score (nSPS) is 39.3. The van der Waals surface area contributed by atoms with Gasteiger partial charge in [0.2, 0.25) is 0 Å². The fourth-order valence-electron chi connectivity index (χ4n) is 3.25. The first-order valence-electron chi connectivity index (χ1n) is 7.57. The highest BCUT2D eigenvalue weighted by atomic mass is 16.5. The van der Waals surface area contributed by atoms with E-state index >= 15 is 0 Å². The van der Waals surface area contributed by atoms with Gasteiger partial charge in [-0.25, -0.2) is 0 Å². The molecule has 18 heavy (non-hydrogen) atoms. The Hall–Kier alpha value is -0.120. The molecular formula is C15H29NO2. The second-order valence-corrected chi connectivity index (χ2v) is 6.34. The topological polar surface area (TPSA) is 30.5 Å². The van der Waals surface area contributed by atoms with Crippen LogP contribution in [0.15, 0.2) is 0 Å². The molecule has 1 saturated heterocycles. The van der Waals surface area contributed by atoms with Crippen LogP contribution in [0.3, 0.4) is 0 Å². The molecule has 4 unspecified atom stereocenters. The van der Waals surface area contributed by atoms with Crippen molar-refractivity contribution in [3.63, 3.8) is 0 Å². The van der Waals surface area contributed by atoms with E-state index < -0.39 is 0 Å². The van der Waals surface area contributed by atoms with E-state index in [1.807, 2.05) is 0 Å². The largest absolute Gasteiger partial charge is 0.378 e. The van der Waals surface area contributed by atoms with E-state index in [1.165, 1.54) is 6.42 Å². The molecule has 0 bridgehead atoms. The van der Waals surface area contributed by atoms with E-state index in [1.54, 1.807) is 0 Å². The Balaban J connectivity index is 1.80. The van der Waals surface area contributed by atoms with Crippen LogP contribution < -0.4 is 5.32 Å². The zero-order valence-corrected chi connectivity index (χ0v) is 12.4. The van der Waals surface area contributed by atoms with Crippen molar-refractivity contribution in [2.75, 3.05) is 13.2 Å². The molecule has 1 saturated carbocycles. The van der Waals surface area contributed by atoms with Gasteiger partial charge in [0.25, 0.3) is 0 Å². The van der Waals surface area contributed by atoms with Crippen LogP contribution in [0.2, 0.25) is 0 Å². The lowest BCUT2D eigenvalue weighted by Crippen LogP contribution is -2.63. The van der Waals surface area contributed by atoms with Gasteiger partial charge >= 0.3 is 0 Å². The fraction of sp³-hybridized carbons (Fsp3) is 1.00. The van der Waals surface area contributed by atoms with Crippen LogP contribution in [0, 0.1) is 5.41 Å². The van der Waals surface area contributed by atoms with Gasteiger partial charge in [0, 0.05) is 30.7 Å². The highest BCUT2D eigenvalue weighted by Gasteiger charge is 2.49. The molecule has 1 aliphatic heterocycles. The summed E-state index contributed by atoms with van der Waals surface area (Å²) in [6.45, 7) is 10.7. The smallest absolute Gasteiger partial charge is 0.0655 e.